The molecule has 2 fully saturated rings. The van der Waals surface area contributed by atoms with Crippen LogP contribution >= 0.6 is 11.3 Å². The van der Waals surface area contributed by atoms with Crippen molar-refractivity contribution < 1.29 is 24.2 Å². The molecule has 8 heteroatoms. The zero-order chi connectivity index (χ0) is 19.8. The minimum Gasteiger partial charge on any atom is -0.481 e. The minimum absolute atomic E-state index is 0.236. The molecule has 2 aliphatic rings. The maximum atomic E-state index is 12.9. The molecule has 1 aromatic carbocycles. The Bertz CT molecular complexity index is 926. The normalized spacial score (nSPS) is 25.6. The van der Waals surface area contributed by atoms with Gasteiger partial charge < -0.3 is 20.9 Å². The van der Waals surface area contributed by atoms with Crippen molar-refractivity contribution in [1.29, 1.82) is 0 Å². The van der Waals surface area contributed by atoms with Crippen molar-refractivity contribution in [2.45, 2.75) is 31.5 Å². The maximum absolute atomic E-state index is 12.9. The average Bonchev–Trinajstić information content (AvgIpc) is 3.36. The first-order valence-electron chi connectivity index (χ1n) is 9.09. The third-order valence-electron chi connectivity index (χ3n) is 5.37. The lowest BCUT2D eigenvalue weighted by molar-refractivity contribution is -0.147. The number of carbonyl (C=O) groups excluding carboxylic acids is 2. The zero-order valence-corrected chi connectivity index (χ0v) is 15.8. The number of anilines is 1. The van der Waals surface area contributed by atoms with Gasteiger partial charge in [-0.05, 0) is 24.5 Å². The van der Waals surface area contributed by atoms with Gasteiger partial charge in [0, 0.05) is 11.3 Å². The highest BCUT2D eigenvalue weighted by atomic mass is 32.1. The number of thiophene rings is 1. The molecule has 2 aromatic rings. The molecule has 2 aliphatic heterocycles. The van der Waals surface area contributed by atoms with Crippen LogP contribution in [0, 0.1) is 11.8 Å². The van der Waals surface area contributed by atoms with Gasteiger partial charge in [-0.15, -0.1) is 11.3 Å². The van der Waals surface area contributed by atoms with E-state index in [1.165, 1.54) is 11.3 Å². The second-order valence-corrected chi connectivity index (χ2v) is 8.29. The van der Waals surface area contributed by atoms with E-state index in [0.717, 1.165) is 10.4 Å². The van der Waals surface area contributed by atoms with Gasteiger partial charge in [-0.2, -0.15) is 0 Å². The molecule has 0 saturated carbocycles. The SMILES string of the molecule is NC(=O)c1cc(Cc2ccccc2)sc1NC(=O)[C@@H]1[C@@H](C(=O)O)[C@H]2CC[C@H]1O2. The van der Waals surface area contributed by atoms with E-state index >= 15 is 0 Å². The first kappa shape index (κ1) is 18.6. The standard InChI is InChI=1S/C20H20N2O5S/c21-17(23)12-9-11(8-10-4-2-1-3-5-10)28-19(12)22-18(24)15-13-6-7-14(27-13)16(15)20(25)26/h1-5,9,13-16H,6-8H2,(H2,21,23)(H,22,24)(H,25,26)/t13-,14-,15+,16+/m1/s1. The summed E-state index contributed by atoms with van der Waals surface area (Å²) in [6, 6.07) is 11.4. The molecule has 1 aromatic heterocycles. The zero-order valence-electron chi connectivity index (χ0n) is 15.0. The van der Waals surface area contributed by atoms with Crippen molar-refractivity contribution in [3.05, 3.63) is 52.4 Å². The summed E-state index contributed by atoms with van der Waals surface area (Å²) in [5.74, 6) is -3.73. The molecule has 2 saturated heterocycles. The fourth-order valence-corrected chi connectivity index (χ4v) is 5.22. The molecule has 0 radical (unpaired) electrons. The maximum Gasteiger partial charge on any atom is 0.310 e. The van der Waals surface area contributed by atoms with E-state index in [1.807, 2.05) is 30.3 Å². The highest BCUT2D eigenvalue weighted by molar-refractivity contribution is 7.16. The van der Waals surface area contributed by atoms with Crippen molar-refractivity contribution in [1.82, 2.24) is 0 Å². The Hall–Kier alpha value is -2.71. The number of nitrogens with one attached hydrogen (secondary N) is 1. The number of ether oxygens (including phenoxy) is 1. The van der Waals surface area contributed by atoms with Gasteiger partial charge in [-0.25, -0.2) is 0 Å². The summed E-state index contributed by atoms with van der Waals surface area (Å²) in [4.78, 5) is 37.2. The Morgan fingerprint density at radius 3 is 2.46 bits per heavy atom. The number of amides is 2. The molecule has 2 bridgehead atoms. The van der Waals surface area contributed by atoms with Crippen molar-refractivity contribution in [3.8, 4) is 0 Å². The van der Waals surface area contributed by atoms with Crippen LogP contribution in [-0.4, -0.2) is 35.1 Å². The number of primary amides is 1. The Kier molecular flexibility index (Phi) is 4.91. The number of benzene rings is 1. The molecule has 7 nitrogen and oxygen atoms in total. The van der Waals surface area contributed by atoms with Gasteiger partial charge in [0.15, 0.2) is 0 Å². The Labute approximate surface area is 165 Å². The van der Waals surface area contributed by atoms with Crippen molar-refractivity contribution in [2.24, 2.45) is 17.6 Å². The number of carboxylic acids is 1. The van der Waals surface area contributed by atoms with Gasteiger partial charge in [-0.1, -0.05) is 30.3 Å². The van der Waals surface area contributed by atoms with Crippen molar-refractivity contribution in [2.75, 3.05) is 5.32 Å². The van der Waals surface area contributed by atoms with Gasteiger partial charge in [0.05, 0.1) is 29.6 Å². The third kappa shape index (κ3) is 3.41. The molecule has 2 amide bonds. The Balaban J connectivity index is 1.56. The van der Waals surface area contributed by atoms with Crippen LogP contribution in [0.15, 0.2) is 36.4 Å². The summed E-state index contributed by atoms with van der Waals surface area (Å²) < 4.78 is 5.65. The second kappa shape index (κ2) is 7.37. The Morgan fingerprint density at radius 2 is 1.82 bits per heavy atom. The van der Waals surface area contributed by atoms with Gasteiger partial charge in [0.2, 0.25) is 5.91 Å². The van der Waals surface area contributed by atoms with E-state index in [9.17, 15) is 19.5 Å². The summed E-state index contributed by atoms with van der Waals surface area (Å²) in [5.41, 5.74) is 6.79. The van der Waals surface area contributed by atoms with Crippen LogP contribution in [0.4, 0.5) is 5.00 Å². The van der Waals surface area contributed by atoms with Crippen LogP contribution in [0.25, 0.3) is 0 Å². The molecule has 28 heavy (non-hydrogen) atoms. The Morgan fingerprint density at radius 1 is 1.14 bits per heavy atom. The number of nitrogens with two attached hydrogens (primary N) is 1. The molecule has 0 aliphatic carbocycles. The lowest BCUT2D eigenvalue weighted by Gasteiger charge is -2.23. The highest BCUT2D eigenvalue weighted by Crippen LogP contribution is 2.44. The van der Waals surface area contributed by atoms with E-state index in [1.54, 1.807) is 6.07 Å². The molecule has 3 heterocycles. The van der Waals surface area contributed by atoms with Gasteiger partial charge in [0.1, 0.15) is 5.00 Å². The van der Waals surface area contributed by atoms with E-state index in [0.29, 0.717) is 24.3 Å². The number of hydrogen-bond donors (Lipinski definition) is 3. The first-order valence-corrected chi connectivity index (χ1v) is 9.91. The number of fused-ring (bicyclic) bond motifs is 2. The summed E-state index contributed by atoms with van der Waals surface area (Å²) in [7, 11) is 0. The first-order chi connectivity index (χ1) is 13.4. The average molecular weight is 400 g/mol. The van der Waals surface area contributed by atoms with Gasteiger partial charge in [-0.3, -0.25) is 14.4 Å². The number of aliphatic carboxylic acids is 1. The molecular weight excluding hydrogens is 380 g/mol. The second-order valence-electron chi connectivity index (χ2n) is 7.15. The summed E-state index contributed by atoms with van der Waals surface area (Å²) in [5, 5.41) is 12.6. The topological polar surface area (TPSA) is 119 Å². The predicted octanol–water partition coefficient (Wildman–Crippen LogP) is 2.25. The molecule has 4 atom stereocenters. The molecule has 0 unspecified atom stereocenters. The van der Waals surface area contributed by atoms with Crippen LogP contribution in [0.3, 0.4) is 0 Å². The summed E-state index contributed by atoms with van der Waals surface area (Å²) in [6.07, 6.45) is 1.10. The number of rotatable bonds is 6. The number of carbonyl (C=O) groups is 3. The molecule has 0 spiro atoms. The smallest absolute Gasteiger partial charge is 0.310 e. The highest BCUT2D eigenvalue weighted by Gasteiger charge is 2.55. The fraction of sp³-hybridized carbons (Fsp3) is 0.350. The van der Waals surface area contributed by atoms with E-state index in [4.69, 9.17) is 10.5 Å². The van der Waals surface area contributed by atoms with Gasteiger partial charge >= 0.3 is 5.97 Å². The largest absolute Gasteiger partial charge is 0.481 e. The van der Waals surface area contributed by atoms with Crippen LogP contribution in [0.5, 0.6) is 0 Å². The molecule has 4 N–H and O–H groups in total. The van der Waals surface area contributed by atoms with Crippen LogP contribution in [-0.2, 0) is 20.7 Å². The van der Waals surface area contributed by atoms with E-state index in [-0.39, 0.29) is 5.56 Å². The van der Waals surface area contributed by atoms with Crippen LogP contribution < -0.4 is 11.1 Å². The van der Waals surface area contributed by atoms with Crippen molar-refractivity contribution >= 4 is 34.1 Å². The molecule has 146 valence electrons. The van der Waals surface area contributed by atoms with E-state index < -0.39 is 41.8 Å². The van der Waals surface area contributed by atoms with Crippen LogP contribution in [0.1, 0.15) is 33.6 Å². The molecular formula is C20H20N2O5S. The van der Waals surface area contributed by atoms with Crippen LogP contribution in [0.2, 0.25) is 0 Å². The predicted molar refractivity (Wildman–Crippen MR) is 103 cm³/mol. The summed E-state index contributed by atoms with van der Waals surface area (Å²) >= 11 is 1.28. The van der Waals surface area contributed by atoms with Gasteiger partial charge in [0.25, 0.3) is 5.91 Å². The van der Waals surface area contributed by atoms with Crippen molar-refractivity contribution in [3.63, 3.8) is 0 Å². The monoisotopic (exact) mass is 400 g/mol. The number of hydrogen-bond acceptors (Lipinski definition) is 5. The molecule has 4 rings (SSSR count). The quantitative estimate of drug-likeness (QED) is 0.687. The van der Waals surface area contributed by atoms with E-state index in [2.05, 4.69) is 5.32 Å². The lowest BCUT2D eigenvalue weighted by atomic mass is 9.79. The minimum atomic E-state index is -1.03. The third-order valence-corrected chi connectivity index (χ3v) is 6.42. The number of carboxylic acid groups (broad SMARTS) is 1. The fourth-order valence-electron chi connectivity index (χ4n) is 4.12. The lowest BCUT2D eigenvalue weighted by Crippen LogP contribution is -2.41. The summed E-state index contributed by atoms with van der Waals surface area (Å²) in [6.45, 7) is 0.